The lowest BCUT2D eigenvalue weighted by Crippen LogP contribution is -2.23. The third-order valence-corrected chi connectivity index (χ3v) is 3.62. The summed E-state index contributed by atoms with van der Waals surface area (Å²) in [4.78, 5) is 12.7. The molecule has 1 amide bonds. The van der Waals surface area contributed by atoms with Crippen LogP contribution in [-0.4, -0.2) is 19.1 Å². The standard InChI is InChI=1S/C16H17NO3S/c1-19-14-9-7-13(8-10-14)11-20-16(18)17-12-21-15-5-3-2-4-6-15/h2-10H,11-12H2,1H3,(H,17,18). The molecule has 0 aliphatic carbocycles. The summed E-state index contributed by atoms with van der Waals surface area (Å²) in [5.41, 5.74) is 0.918. The van der Waals surface area contributed by atoms with Crippen molar-refractivity contribution in [1.82, 2.24) is 5.32 Å². The van der Waals surface area contributed by atoms with Crippen molar-refractivity contribution in [1.29, 1.82) is 0 Å². The van der Waals surface area contributed by atoms with Crippen LogP contribution < -0.4 is 10.1 Å². The summed E-state index contributed by atoms with van der Waals surface area (Å²) in [7, 11) is 1.61. The number of methoxy groups -OCH3 is 1. The molecule has 0 unspecified atom stereocenters. The van der Waals surface area contributed by atoms with Crippen LogP contribution in [0.4, 0.5) is 4.79 Å². The Hall–Kier alpha value is -2.14. The zero-order chi connectivity index (χ0) is 14.9. The highest BCUT2D eigenvalue weighted by molar-refractivity contribution is 7.99. The minimum absolute atomic E-state index is 0.242. The maximum Gasteiger partial charge on any atom is 0.408 e. The van der Waals surface area contributed by atoms with E-state index in [4.69, 9.17) is 9.47 Å². The first-order valence-corrected chi connectivity index (χ1v) is 7.48. The van der Waals surface area contributed by atoms with Crippen molar-refractivity contribution in [3.63, 3.8) is 0 Å². The van der Waals surface area contributed by atoms with Gasteiger partial charge in [-0.2, -0.15) is 0 Å². The molecule has 0 fully saturated rings. The van der Waals surface area contributed by atoms with E-state index in [0.29, 0.717) is 5.88 Å². The van der Waals surface area contributed by atoms with Gasteiger partial charge in [0.15, 0.2) is 0 Å². The van der Waals surface area contributed by atoms with Gasteiger partial charge in [0.05, 0.1) is 13.0 Å². The molecule has 4 nitrogen and oxygen atoms in total. The second kappa shape index (κ2) is 8.21. The van der Waals surface area contributed by atoms with Gasteiger partial charge in [-0.1, -0.05) is 30.3 Å². The van der Waals surface area contributed by atoms with Crippen LogP contribution in [0, 0.1) is 0 Å². The van der Waals surface area contributed by atoms with E-state index in [-0.39, 0.29) is 6.61 Å². The van der Waals surface area contributed by atoms with Crippen molar-refractivity contribution in [3.05, 3.63) is 60.2 Å². The number of carbonyl (C=O) groups excluding carboxylic acids is 1. The molecule has 0 bridgehead atoms. The second-order valence-electron chi connectivity index (χ2n) is 4.20. The minimum Gasteiger partial charge on any atom is -0.497 e. The summed E-state index contributed by atoms with van der Waals surface area (Å²) < 4.78 is 10.2. The average Bonchev–Trinajstić information content (AvgIpc) is 2.54. The average molecular weight is 303 g/mol. The van der Waals surface area contributed by atoms with Gasteiger partial charge in [-0.05, 0) is 29.8 Å². The molecule has 0 saturated heterocycles. The maximum absolute atomic E-state index is 11.6. The molecule has 2 aromatic carbocycles. The van der Waals surface area contributed by atoms with Crippen LogP contribution in [0.2, 0.25) is 0 Å². The van der Waals surface area contributed by atoms with Gasteiger partial charge in [0.1, 0.15) is 12.4 Å². The Labute approximate surface area is 128 Å². The largest absolute Gasteiger partial charge is 0.497 e. The molecule has 5 heteroatoms. The van der Waals surface area contributed by atoms with Crippen molar-refractivity contribution in [3.8, 4) is 5.75 Å². The fourth-order valence-electron chi connectivity index (χ4n) is 1.62. The van der Waals surface area contributed by atoms with Crippen molar-refractivity contribution >= 4 is 17.9 Å². The Bertz CT molecular complexity index is 557. The quantitative estimate of drug-likeness (QED) is 0.653. The van der Waals surface area contributed by atoms with Crippen LogP contribution >= 0.6 is 11.8 Å². The molecular formula is C16H17NO3S. The minimum atomic E-state index is -0.422. The number of hydrogen-bond acceptors (Lipinski definition) is 4. The Kier molecular flexibility index (Phi) is 5.97. The predicted molar refractivity (Wildman–Crippen MR) is 83.5 cm³/mol. The molecule has 110 valence electrons. The number of amides is 1. The first kappa shape index (κ1) is 15.3. The smallest absolute Gasteiger partial charge is 0.408 e. The topological polar surface area (TPSA) is 47.6 Å². The third-order valence-electron chi connectivity index (χ3n) is 2.73. The molecule has 0 radical (unpaired) electrons. The molecule has 0 aromatic heterocycles. The number of carbonyl (C=O) groups is 1. The lowest BCUT2D eigenvalue weighted by atomic mass is 10.2. The van der Waals surface area contributed by atoms with Gasteiger partial charge >= 0.3 is 6.09 Å². The van der Waals surface area contributed by atoms with Gasteiger partial charge in [-0.25, -0.2) is 4.79 Å². The summed E-state index contributed by atoms with van der Waals surface area (Å²) in [5, 5.41) is 2.70. The van der Waals surface area contributed by atoms with Gasteiger partial charge in [0, 0.05) is 4.90 Å². The van der Waals surface area contributed by atoms with E-state index in [9.17, 15) is 4.79 Å². The highest BCUT2D eigenvalue weighted by atomic mass is 32.2. The van der Waals surface area contributed by atoms with Crippen LogP contribution in [0.25, 0.3) is 0 Å². The van der Waals surface area contributed by atoms with E-state index in [2.05, 4.69) is 5.32 Å². The lowest BCUT2D eigenvalue weighted by molar-refractivity contribution is 0.141. The van der Waals surface area contributed by atoms with E-state index in [1.54, 1.807) is 18.9 Å². The van der Waals surface area contributed by atoms with Crippen LogP contribution in [0.3, 0.4) is 0 Å². The third kappa shape index (κ3) is 5.39. The molecule has 1 N–H and O–H groups in total. The van der Waals surface area contributed by atoms with Gasteiger partial charge < -0.3 is 14.8 Å². The molecule has 0 heterocycles. The number of alkyl carbamates (subject to hydrolysis) is 1. The number of thioether (sulfide) groups is 1. The van der Waals surface area contributed by atoms with Crippen molar-refractivity contribution < 1.29 is 14.3 Å². The van der Waals surface area contributed by atoms with E-state index in [1.807, 2.05) is 54.6 Å². The van der Waals surface area contributed by atoms with E-state index in [0.717, 1.165) is 16.2 Å². The zero-order valence-electron chi connectivity index (χ0n) is 11.7. The summed E-state index contributed by atoms with van der Waals surface area (Å²) >= 11 is 1.55. The fraction of sp³-hybridized carbons (Fsp3) is 0.188. The summed E-state index contributed by atoms with van der Waals surface area (Å²) in [6.07, 6.45) is -0.422. The van der Waals surface area contributed by atoms with E-state index in [1.165, 1.54) is 0 Å². The molecule has 2 rings (SSSR count). The zero-order valence-corrected chi connectivity index (χ0v) is 12.6. The van der Waals surface area contributed by atoms with Crippen LogP contribution in [0.5, 0.6) is 5.75 Å². The summed E-state index contributed by atoms with van der Waals surface area (Å²) in [6.45, 7) is 0.242. The highest BCUT2D eigenvalue weighted by Crippen LogP contribution is 2.15. The lowest BCUT2D eigenvalue weighted by Gasteiger charge is -2.07. The SMILES string of the molecule is COc1ccc(COC(=O)NCSc2ccccc2)cc1. The molecule has 0 aliphatic rings. The van der Waals surface area contributed by atoms with Gasteiger partial charge in [0.2, 0.25) is 0 Å². The molecule has 0 atom stereocenters. The molecule has 2 aromatic rings. The van der Waals surface area contributed by atoms with Gasteiger partial charge in [0.25, 0.3) is 0 Å². The first-order valence-electron chi connectivity index (χ1n) is 6.49. The summed E-state index contributed by atoms with van der Waals surface area (Å²) in [6, 6.07) is 17.3. The van der Waals surface area contributed by atoms with Crippen LogP contribution in [-0.2, 0) is 11.3 Å². The number of ether oxygens (including phenoxy) is 2. The summed E-state index contributed by atoms with van der Waals surface area (Å²) in [5.74, 6) is 1.26. The van der Waals surface area contributed by atoms with Crippen molar-refractivity contribution in [2.75, 3.05) is 13.0 Å². The number of benzene rings is 2. The fourth-order valence-corrected chi connectivity index (χ4v) is 2.32. The normalized spacial score (nSPS) is 9.95. The Morgan fingerprint density at radius 2 is 1.81 bits per heavy atom. The molecular weight excluding hydrogens is 286 g/mol. The molecule has 21 heavy (non-hydrogen) atoms. The number of rotatable bonds is 6. The van der Waals surface area contributed by atoms with E-state index >= 15 is 0 Å². The van der Waals surface area contributed by atoms with Crippen molar-refractivity contribution in [2.45, 2.75) is 11.5 Å². The Balaban J connectivity index is 1.67. The monoisotopic (exact) mass is 303 g/mol. The molecule has 0 saturated carbocycles. The number of nitrogens with one attached hydrogen (secondary N) is 1. The van der Waals surface area contributed by atoms with E-state index < -0.39 is 6.09 Å². The predicted octanol–water partition coefficient (Wildman–Crippen LogP) is 3.67. The van der Waals surface area contributed by atoms with Crippen LogP contribution in [0.15, 0.2) is 59.5 Å². The van der Waals surface area contributed by atoms with Gasteiger partial charge in [-0.15, -0.1) is 11.8 Å². The van der Waals surface area contributed by atoms with Crippen LogP contribution in [0.1, 0.15) is 5.56 Å². The highest BCUT2D eigenvalue weighted by Gasteiger charge is 2.02. The van der Waals surface area contributed by atoms with Crippen molar-refractivity contribution in [2.24, 2.45) is 0 Å². The second-order valence-corrected chi connectivity index (χ2v) is 5.25. The first-order chi connectivity index (χ1) is 10.3. The number of hydrogen-bond donors (Lipinski definition) is 1. The van der Waals surface area contributed by atoms with Gasteiger partial charge in [-0.3, -0.25) is 0 Å². The molecule has 0 aliphatic heterocycles. The Morgan fingerprint density at radius 1 is 1.10 bits per heavy atom. The maximum atomic E-state index is 11.6. The Morgan fingerprint density at radius 3 is 2.48 bits per heavy atom. The molecule has 0 spiro atoms.